The van der Waals surface area contributed by atoms with E-state index in [-0.39, 0.29) is 5.16 Å². The molecule has 0 spiro atoms. The molecule has 0 bridgehead atoms. The highest BCUT2D eigenvalue weighted by Crippen LogP contribution is 2.36. The smallest absolute Gasteiger partial charge is 0.252 e. The number of para-hydroxylation sites is 1. The van der Waals surface area contributed by atoms with Crippen molar-refractivity contribution in [3.8, 4) is 17.1 Å². The third kappa shape index (κ3) is 3.46. The molecule has 0 amide bonds. The van der Waals surface area contributed by atoms with Gasteiger partial charge in [-0.15, -0.1) is 10.2 Å². The second-order valence-electron chi connectivity index (χ2n) is 5.92. The Hall–Kier alpha value is -3.27. The van der Waals surface area contributed by atoms with E-state index in [9.17, 15) is 17.6 Å². The zero-order valence-electron chi connectivity index (χ0n) is 14.8. The minimum absolute atomic E-state index is 0.0221. The van der Waals surface area contributed by atoms with Crippen molar-refractivity contribution in [3.63, 3.8) is 0 Å². The number of hydrogen-bond donors (Lipinski definition) is 0. The Kier molecular flexibility index (Phi) is 5.01. The summed E-state index contributed by atoms with van der Waals surface area (Å²) in [6, 6.07) is 10.6. The van der Waals surface area contributed by atoms with E-state index in [1.54, 1.807) is 41.2 Å². The molecule has 0 aliphatic heterocycles. The number of nitrogens with zero attached hydrogens (tertiary/aromatic N) is 5. The molecule has 0 aliphatic carbocycles. The quantitative estimate of drug-likeness (QED) is 0.355. The van der Waals surface area contributed by atoms with Crippen molar-refractivity contribution in [1.29, 1.82) is 0 Å². The topological polar surface area (TPSA) is 56.5 Å². The number of halogens is 4. The maximum Gasteiger partial charge on any atom is 0.252 e. The normalized spacial score (nSPS) is 11.1. The first-order valence-electron chi connectivity index (χ1n) is 8.27. The van der Waals surface area contributed by atoms with Crippen LogP contribution >= 0.6 is 11.8 Å². The van der Waals surface area contributed by atoms with Crippen LogP contribution in [0, 0.1) is 30.5 Å². The first-order valence-corrected chi connectivity index (χ1v) is 9.08. The molecule has 0 radical (unpaired) electrons. The van der Waals surface area contributed by atoms with Crippen LogP contribution in [-0.2, 0) is 0 Å². The van der Waals surface area contributed by atoms with Crippen molar-refractivity contribution < 1.29 is 17.6 Å². The highest BCUT2D eigenvalue weighted by atomic mass is 32.2. The van der Waals surface area contributed by atoms with Crippen molar-refractivity contribution >= 4 is 11.8 Å². The molecule has 1 aromatic carbocycles. The van der Waals surface area contributed by atoms with E-state index in [0.29, 0.717) is 28.8 Å². The van der Waals surface area contributed by atoms with Gasteiger partial charge < -0.3 is 0 Å². The largest absolute Gasteiger partial charge is 0.269 e. The fourth-order valence-corrected chi connectivity index (χ4v) is 3.59. The molecule has 146 valence electrons. The Morgan fingerprint density at radius 3 is 2.17 bits per heavy atom. The van der Waals surface area contributed by atoms with Gasteiger partial charge in [-0.2, -0.15) is 13.8 Å². The van der Waals surface area contributed by atoms with E-state index < -0.39 is 28.4 Å². The zero-order valence-corrected chi connectivity index (χ0v) is 15.6. The summed E-state index contributed by atoms with van der Waals surface area (Å²) in [5.41, 5.74) is 2.12. The molecule has 0 fully saturated rings. The third-order valence-electron chi connectivity index (χ3n) is 4.08. The second kappa shape index (κ2) is 7.63. The Labute approximate surface area is 166 Å². The molecule has 0 aliphatic rings. The number of rotatable bonds is 4. The van der Waals surface area contributed by atoms with Crippen LogP contribution < -0.4 is 0 Å². The molecule has 0 saturated heterocycles. The molecule has 0 atom stereocenters. The summed E-state index contributed by atoms with van der Waals surface area (Å²) in [6.07, 6.45) is 3.12. The average Bonchev–Trinajstić information content (AvgIpc) is 3.14. The lowest BCUT2D eigenvalue weighted by Gasteiger charge is -2.13. The van der Waals surface area contributed by atoms with Crippen LogP contribution in [0.3, 0.4) is 0 Å². The molecule has 5 nitrogen and oxygen atoms in total. The van der Waals surface area contributed by atoms with E-state index in [2.05, 4.69) is 20.2 Å². The van der Waals surface area contributed by atoms with Gasteiger partial charge in [-0.25, -0.2) is 8.78 Å². The molecule has 4 rings (SSSR count). The molecule has 0 saturated carbocycles. The number of benzene rings is 1. The molecular weight excluding hydrogens is 406 g/mol. The summed E-state index contributed by atoms with van der Waals surface area (Å²) in [7, 11) is 0. The summed E-state index contributed by atoms with van der Waals surface area (Å²) < 4.78 is 56.9. The van der Waals surface area contributed by atoms with Crippen molar-refractivity contribution in [2.45, 2.75) is 17.0 Å². The Balaban J connectivity index is 1.92. The number of hydrogen-bond acceptors (Lipinski definition) is 5. The van der Waals surface area contributed by atoms with Gasteiger partial charge in [0, 0.05) is 18.0 Å². The van der Waals surface area contributed by atoms with Crippen LogP contribution in [-0.4, -0.2) is 24.7 Å². The summed E-state index contributed by atoms with van der Waals surface area (Å²) >= 11 is 0.419. The third-order valence-corrected chi connectivity index (χ3v) is 5.09. The minimum atomic E-state index is -1.73. The highest BCUT2D eigenvalue weighted by molar-refractivity contribution is 7.99. The molecule has 3 aromatic heterocycles. The van der Waals surface area contributed by atoms with E-state index in [4.69, 9.17) is 0 Å². The molecular formula is C19H11F4N5S. The van der Waals surface area contributed by atoms with Crippen molar-refractivity contribution in [2.75, 3.05) is 0 Å². The van der Waals surface area contributed by atoms with E-state index in [0.717, 1.165) is 5.56 Å². The van der Waals surface area contributed by atoms with Crippen LogP contribution in [0.4, 0.5) is 17.6 Å². The van der Waals surface area contributed by atoms with E-state index in [1.807, 2.05) is 19.1 Å². The molecule has 0 unspecified atom stereocenters. The van der Waals surface area contributed by atoms with Gasteiger partial charge in [-0.1, -0.05) is 18.2 Å². The lowest BCUT2D eigenvalue weighted by Crippen LogP contribution is -2.05. The van der Waals surface area contributed by atoms with Crippen LogP contribution in [0.2, 0.25) is 0 Å². The van der Waals surface area contributed by atoms with Gasteiger partial charge >= 0.3 is 0 Å². The molecule has 29 heavy (non-hydrogen) atoms. The van der Waals surface area contributed by atoms with Gasteiger partial charge in [0.15, 0.2) is 17.5 Å². The Morgan fingerprint density at radius 1 is 0.862 bits per heavy atom. The Morgan fingerprint density at radius 2 is 1.52 bits per heavy atom. The monoisotopic (exact) mass is 417 g/mol. The molecule has 10 heteroatoms. The fourth-order valence-electron chi connectivity index (χ4n) is 2.70. The lowest BCUT2D eigenvalue weighted by atomic mass is 10.2. The SMILES string of the molecule is Cc1ccccc1-n1c(Sc2c(F)c(F)nc(F)c2F)nnc1-c1ccncc1. The molecule has 4 aromatic rings. The summed E-state index contributed by atoms with van der Waals surface area (Å²) in [5, 5.41) is 8.15. The predicted octanol–water partition coefficient (Wildman–Crippen LogP) is 4.74. The summed E-state index contributed by atoms with van der Waals surface area (Å²) in [4.78, 5) is 5.64. The number of pyridine rings is 2. The average molecular weight is 417 g/mol. The van der Waals surface area contributed by atoms with Crippen LogP contribution in [0.1, 0.15) is 5.56 Å². The fraction of sp³-hybridized carbons (Fsp3) is 0.0526. The van der Waals surface area contributed by atoms with Crippen molar-refractivity contribution in [1.82, 2.24) is 24.7 Å². The van der Waals surface area contributed by atoms with Crippen LogP contribution in [0.15, 0.2) is 58.8 Å². The number of aryl methyl sites for hydroxylation is 1. The van der Waals surface area contributed by atoms with Gasteiger partial charge in [-0.3, -0.25) is 9.55 Å². The first kappa shape index (κ1) is 19.1. The van der Waals surface area contributed by atoms with Crippen LogP contribution in [0.25, 0.3) is 17.1 Å². The maximum absolute atomic E-state index is 14.1. The summed E-state index contributed by atoms with van der Waals surface area (Å²) in [5.74, 6) is -6.29. The van der Waals surface area contributed by atoms with Crippen molar-refractivity contribution in [3.05, 3.63) is 77.9 Å². The maximum atomic E-state index is 14.1. The Bertz CT molecular complexity index is 1170. The summed E-state index contributed by atoms with van der Waals surface area (Å²) in [6.45, 7) is 1.84. The highest BCUT2D eigenvalue weighted by Gasteiger charge is 2.25. The van der Waals surface area contributed by atoms with Crippen molar-refractivity contribution in [2.24, 2.45) is 0 Å². The zero-order chi connectivity index (χ0) is 20.5. The van der Waals surface area contributed by atoms with Gasteiger partial charge in [0.1, 0.15) is 0 Å². The lowest BCUT2D eigenvalue weighted by molar-refractivity contribution is 0.383. The van der Waals surface area contributed by atoms with Gasteiger partial charge in [-0.05, 0) is 42.4 Å². The van der Waals surface area contributed by atoms with Crippen LogP contribution in [0.5, 0.6) is 0 Å². The predicted molar refractivity (Wildman–Crippen MR) is 97.5 cm³/mol. The van der Waals surface area contributed by atoms with E-state index >= 15 is 0 Å². The van der Waals surface area contributed by atoms with E-state index in [1.165, 1.54) is 0 Å². The van der Waals surface area contributed by atoms with Gasteiger partial charge in [0.25, 0.3) is 11.9 Å². The standard InChI is InChI=1S/C19H11F4N5S/c1-10-4-2-3-5-12(10)28-18(11-6-8-24-9-7-11)26-27-19(28)29-15-13(20)16(22)25-17(23)14(15)21/h2-9H,1H3. The second-order valence-corrected chi connectivity index (χ2v) is 6.89. The minimum Gasteiger partial charge on any atom is -0.269 e. The number of aromatic nitrogens is 5. The van der Waals surface area contributed by atoms with Gasteiger partial charge in [0.05, 0.1) is 10.6 Å². The molecule has 0 N–H and O–H groups in total. The van der Waals surface area contributed by atoms with Gasteiger partial charge in [0.2, 0.25) is 5.16 Å². The first-order chi connectivity index (χ1) is 14.0. The molecule has 3 heterocycles.